The highest BCUT2D eigenvalue weighted by molar-refractivity contribution is 9.10. The quantitative estimate of drug-likeness (QED) is 0.0176. The molecule has 8 aromatic carbocycles. The standard InChI is InChI=1S/C21H17F3N2O2S.C20H16F5NO2.C20H18F3NO2.C19H16BrF2NO2.CH4/c1-20(12-26,10-18(27)15-4-6-16(29-2)7-5-15)13-28-19-9-14(11-25)3-8-17(19)21(22,23)24;1-12-4-6-13(7-5-12)17(27)10-19(2,26-3)11-28-18-9-16(22)15(21)8-14(18)20(23,24)25;1-14-8-10-15(11-9-14)17(25)12-19(2,24-3)13-26-18-7-5-4-6-16(18)20(21,22)23;1-12-4-6-13(7-5-12)17(24)10-19(2,23-3)11-25-18-9-16(22)15(21)8-14(18)20;/h3-9H,10,13H2,1-2H3;4-9H,10-11H2,1-2H3;4-11H,12-13H2,1-2H3;4-9H,10-11H2,1-2H3;1H4/t20-;;;;/m1..../s1. The van der Waals surface area contributed by atoms with Gasteiger partial charge in [-0.15, -0.1) is 11.8 Å². The van der Waals surface area contributed by atoms with Gasteiger partial charge < -0.3 is 33.5 Å². The summed E-state index contributed by atoms with van der Waals surface area (Å²) in [6.07, 6.45) is -13.0. The fraction of sp³-hybridized carbons (Fsp3) is 0.296. The van der Waals surface area contributed by atoms with Crippen LogP contribution in [0.1, 0.15) is 141 Å². The molecule has 0 aliphatic carbocycles. The van der Waals surface area contributed by atoms with Crippen LogP contribution in [-0.2, 0) is 18.5 Å². The van der Waals surface area contributed by atoms with E-state index in [4.69, 9.17) is 43.9 Å². The van der Waals surface area contributed by atoms with Crippen molar-refractivity contribution in [3.8, 4) is 35.1 Å². The van der Waals surface area contributed by atoms with E-state index in [0.717, 1.165) is 58.0 Å². The summed E-state index contributed by atoms with van der Waals surface area (Å²) >= 11 is 4.61. The van der Waals surface area contributed by atoms with Crippen LogP contribution in [0.5, 0.6) is 23.0 Å². The number of hydrogen-bond donors (Lipinski definition) is 0. The Hall–Kier alpha value is -11.0. The van der Waals surface area contributed by atoms with Gasteiger partial charge in [0, 0.05) is 66.5 Å². The van der Waals surface area contributed by atoms with Gasteiger partial charge in [0.05, 0.1) is 58.0 Å². The van der Waals surface area contributed by atoms with Gasteiger partial charge in [-0.25, -0.2) is 37.3 Å². The van der Waals surface area contributed by atoms with Crippen LogP contribution >= 0.6 is 27.7 Å². The minimum atomic E-state index is -4.98. The summed E-state index contributed by atoms with van der Waals surface area (Å²) in [6, 6.07) is 40.9. The van der Waals surface area contributed by atoms with E-state index in [2.05, 4.69) is 30.5 Å². The number of benzene rings is 8. The molecule has 4 atom stereocenters. The van der Waals surface area contributed by atoms with E-state index in [1.54, 1.807) is 97.9 Å². The predicted octanol–water partition coefficient (Wildman–Crippen LogP) is 22.4. The van der Waals surface area contributed by atoms with Crippen LogP contribution in [-0.4, -0.2) is 72.4 Å². The first-order valence-electron chi connectivity index (χ1n) is 32.0. The Kier molecular flexibility index (Phi) is 32.5. The summed E-state index contributed by atoms with van der Waals surface area (Å²) in [5.74, 6) is -8.10. The van der Waals surface area contributed by atoms with Crippen molar-refractivity contribution in [3.05, 3.63) is 287 Å². The van der Waals surface area contributed by atoms with Crippen LogP contribution in [0.4, 0.5) is 57.1 Å². The van der Waals surface area contributed by atoms with Crippen molar-refractivity contribution in [1.29, 1.82) is 10.5 Å². The molecule has 0 N–H and O–H groups in total. The van der Waals surface area contributed by atoms with Gasteiger partial charge >= 0.3 is 18.5 Å². The molecule has 0 fully saturated rings. The van der Waals surface area contributed by atoms with Crippen LogP contribution in [0.2, 0.25) is 0 Å². The summed E-state index contributed by atoms with van der Waals surface area (Å²) in [4.78, 5) is 60.9. The number of aryl methyl sites for hydroxylation is 3. The van der Waals surface area contributed by atoms with E-state index < -0.39 is 105 Å². The van der Waals surface area contributed by atoms with Crippen molar-refractivity contribution in [2.75, 3.05) is 32.7 Å². The topological polar surface area (TPSA) is 166 Å². The Labute approximate surface area is 635 Å². The Balaban J connectivity index is 0.000000306. The van der Waals surface area contributed by atoms with E-state index in [1.807, 2.05) is 45.2 Å². The van der Waals surface area contributed by atoms with E-state index in [0.29, 0.717) is 22.3 Å². The van der Waals surface area contributed by atoms with Crippen molar-refractivity contribution in [2.24, 2.45) is 5.41 Å². The van der Waals surface area contributed by atoms with Gasteiger partial charge in [0.25, 0.3) is 16.6 Å². The van der Waals surface area contributed by atoms with Crippen molar-refractivity contribution in [1.82, 2.24) is 0 Å². The normalized spacial score (nSPS) is 13.1. The monoisotopic (exact) mass is 1600 g/mol. The summed E-state index contributed by atoms with van der Waals surface area (Å²) in [6.45, 7) is 32.1. The van der Waals surface area contributed by atoms with Gasteiger partial charge in [-0.1, -0.05) is 121 Å². The van der Waals surface area contributed by atoms with Crippen LogP contribution in [0.3, 0.4) is 0 Å². The average Bonchev–Trinajstić information content (AvgIpc) is 0.753. The summed E-state index contributed by atoms with van der Waals surface area (Å²) in [5, 5.41) is 18.4. The number of Topliss-reactive ketones (excluding diaryl/α,β-unsaturated/α-hetero) is 4. The van der Waals surface area contributed by atoms with Crippen molar-refractivity contribution < 1.29 is 95.2 Å². The van der Waals surface area contributed by atoms with Crippen LogP contribution < -0.4 is 18.9 Å². The number of ether oxygens (including phenoxy) is 4. The van der Waals surface area contributed by atoms with E-state index >= 15 is 0 Å². The van der Waals surface area contributed by atoms with Crippen molar-refractivity contribution in [2.45, 2.75) is 122 Å². The second-order valence-electron chi connectivity index (χ2n) is 25.7. The van der Waals surface area contributed by atoms with Gasteiger partial charge in [0.15, 0.2) is 66.2 Å². The van der Waals surface area contributed by atoms with E-state index in [9.17, 15) is 81.5 Å². The first kappa shape index (κ1) is 90.4. The number of hydrogen-bond acceptors (Lipinski definition) is 11. The molecular weight excluding hydrogens is 1530 g/mol. The molecule has 0 aliphatic heterocycles. The number of nitrogens with zero attached hydrogens (tertiary/aromatic N) is 5. The molecule has 8 rings (SSSR count). The maximum absolute atomic E-state index is 13.4. The van der Waals surface area contributed by atoms with E-state index in [1.165, 1.54) is 50.7 Å². The lowest BCUT2D eigenvalue weighted by Crippen LogP contribution is -2.32. The molecule has 0 heterocycles. The second-order valence-corrected chi connectivity index (χ2v) is 27.4. The van der Waals surface area contributed by atoms with Crippen LogP contribution in [0.25, 0.3) is 14.5 Å². The predicted molar refractivity (Wildman–Crippen MR) is 388 cm³/mol. The SMILES string of the molecule is C.CSc1ccc(C(=O)C[C@](C)(C#N)COc2cc(C#N)ccc2C(F)(F)F)cc1.[C-]#[N+]C(C)(COc1cc(F)c(F)cc1Br)CC(=O)c1ccc(C)cc1.[C-]#[N+]C(C)(COc1cc(F)c(F)cc1C(F)(F)F)CC(=O)c1ccc(C)cc1.[C-]#[N+]C(C)(COc1ccccc1C(F)(F)F)CC(=O)c1ccc(C)cc1. The molecule has 0 aliphatic rings. The fourth-order valence-electron chi connectivity index (χ4n) is 9.48. The van der Waals surface area contributed by atoms with E-state index in [-0.39, 0.29) is 103 Å². The first-order chi connectivity index (χ1) is 50.4. The Morgan fingerprint density at radius 1 is 0.431 bits per heavy atom. The van der Waals surface area contributed by atoms with Crippen LogP contribution in [0, 0.1) is 91.8 Å². The summed E-state index contributed by atoms with van der Waals surface area (Å²) in [5.41, 5.74) is -3.95. The smallest absolute Gasteiger partial charge is 0.420 e. The summed E-state index contributed by atoms with van der Waals surface area (Å²) < 4.78 is 192. The lowest BCUT2D eigenvalue weighted by molar-refractivity contribution is -0.140. The molecule has 8 aromatic rings. The number of para-hydroxylation sites is 1. The molecule has 0 bridgehead atoms. The molecule has 0 spiro atoms. The lowest BCUT2D eigenvalue weighted by Gasteiger charge is -2.23. The van der Waals surface area contributed by atoms with Gasteiger partial charge in [-0.2, -0.15) is 50.0 Å². The molecule has 572 valence electrons. The van der Waals surface area contributed by atoms with Gasteiger partial charge in [0.1, 0.15) is 35.2 Å². The molecule has 28 heteroatoms. The fourth-order valence-corrected chi connectivity index (χ4v) is 10.3. The number of thioether (sulfide) groups is 1. The number of halogens is 14. The van der Waals surface area contributed by atoms with Crippen molar-refractivity contribution >= 4 is 50.8 Å². The minimum absolute atomic E-state index is 0. The zero-order valence-corrected chi connectivity index (χ0v) is 61.3. The number of nitriles is 2. The molecular formula is C81H71BrF13N5O8S. The largest absolute Gasteiger partial charge is 0.491 e. The first-order valence-corrected chi connectivity index (χ1v) is 34.0. The Morgan fingerprint density at radius 2 is 0.761 bits per heavy atom. The number of carbonyl (C=O) groups excluding carboxylic acids is 4. The second kappa shape index (κ2) is 39.2. The van der Waals surface area contributed by atoms with Gasteiger partial charge in [-0.05, 0) is 104 Å². The molecule has 0 amide bonds. The maximum atomic E-state index is 13.4. The average molecular weight is 1600 g/mol. The molecule has 109 heavy (non-hydrogen) atoms. The minimum Gasteiger partial charge on any atom is -0.491 e. The maximum Gasteiger partial charge on any atom is 0.420 e. The zero-order valence-electron chi connectivity index (χ0n) is 58.9. The molecule has 0 radical (unpaired) electrons. The summed E-state index contributed by atoms with van der Waals surface area (Å²) in [7, 11) is 0. The third-order valence-corrected chi connectivity index (χ3v) is 17.2. The molecule has 0 saturated heterocycles. The van der Waals surface area contributed by atoms with Gasteiger partial charge in [0.2, 0.25) is 0 Å². The number of alkyl halides is 9. The molecule has 0 aromatic heterocycles. The highest BCUT2D eigenvalue weighted by atomic mass is 79.9. The van der Waals surface area contributed by atoms with Crippen LogP contribution in [0.15, 0.2) is 173 Å². The Bertz CT molecular complexity index is 4740. The third kappa shape index (κ3) is 27.3. The van der Waals surface area contributed by atoms with Crippen molar-refractivity contribution in [3.63, 3.8) is 0 Å². The van der Waals surface area contributed by atoms with Gasteiger partial charge in [-0.3, -0.25) is 19.2 Å². The molecule has 0 saturated carbocycles. The highest BCUT2D eigenvalue weighted by Gasteiger charge is 2.42. The molecule has 3 unspecified atom stereocenters. The number of ketones is 4. The zero-order chi connectivity index (χ0) is 80.8. The molecule has 13 nitrogen and oxygen atoms in total. The Morgan fingerprint density at radius 3 is 1.15 bits per heavy atom. The number of carbonyl (C=O) groups is 4. The highest BCUT2D eigenvalue weighted by Crippen LogP contribution is 2.41. The lowest BCUT2D eigenvalue weighted by atomic mass is 9.85. The third-order valence-electron chi connectivity index (χ3n) is 15.9. The number of rotatable bonds is 25.